The van der Waals surface area contributed by atoms with E-state index in [0.29, 0.717) is 25.7 Å². The van der Waals surface area contributed by atoms with Gasteiger partial charge in [-0.25, -0.2) is 4.79 Å². The number of aliphatic hydroxyl groups excluding tert-OH is 4. The van der Waals surface area contributed by atoms with Crippen molar-refractivity contribution in [2.75, 3.05) is 6.61 Å². The summed E-state index contributed by atoms with van der Waals surface area (Å²) in [4.78, 5) is 11.4. The highest BCUT2D eigenvalue weighted by Gasteiger charge is 2.50. The van der Waals surface area contributed by atoms with Crippen LogP contribution in [0.5, 0.6) is 0 Å². The van der Waals surface area contributed by atoms with E-state index < -0.39 is 43.3 Å². The standard InChI is InChI=1S/C21H32O8/c1-10-4-5-15(29-20-18(25)17(24)16(23)14(9-22)28-20)21(3)7-6-12(8-13(10)21)11(2)19(26)27/h12,14-18,20,22-25H,2,4-9H2,1,3H3,(H,26,27)/t12-,14-,15-,16-,17+,18-,20+,21-/m1/s1. The third kappa shape index (κ3) is 4.02. The molecule has 8 heteroatoms. The lowest BCUT2D eigenvalue weighted by Gasteiger charge is -2.50. The molecule has 1 saturated carbocycles. The van der Waals surface area contributed by atoms with Gasteiger partial charge in [-0.1, -0.05) is 24.6 Å². The van der Waals surface area contributed by atoms with Gasteiger partial charge in [0.25, 0.3) is 0 Å². The first-order valence-corrected chi connectivity index (χ1v) is 10.2. The van der Waals surface area contributed by atoms with Crippen LogP contribution in [0.3, 0.4) is 0 Å². The zero-order chi connectivity index (χ0) is 21.5. The molecule has 3 rings (SSSR count). The summed E-state index contributed by atoms with van der Waals surface area (Å²) in [5.41, 5.74) is 2.27. The minimum atomic E-state index is -1.48. The molecule has 0 bridgehead atoms. The lowest BCUT2D eigenvalue weighted by molar-refractivity contribution is -0.319. The maximum Gasteiger partial charge on any atom is 0.331 e. The van der Waals surface area contributed by atoms with Crippen LogP contribution in [0.2, 0.25) is 0 Å². The predicted molar refractivity (Wildman–Crippen MR) is 103 cm³/mol. The van der Waals surface area contributed by atoms with Crippen LogP contribution >= 0.6 is 0 Å². The van der Waals surface area contributed by atoms with Gasteiger partial charge >= 0.3 is 5.97 Å². The second kappa shape index (κ2) is 8.45. The molecule has 0 amide bonds. The van der Waals surface area contributed by atoms with Gasteiger partial charge in [-0.2, -0.15) is 0 Å². The Balaban J connectivity index is 1.79. The molecule has 0 unspecified atom stereocenters. The van der Waals surface area contributed by atoms with E-state index in [0.717, 1.165) is 12.0 Å². The van der Waals surface area contributed by atoms with Crippen molar-refractivity contribution in [3.8, 4) is 0 Å². The predicted octanol–water partition coefficient (Wildman–Crippen LogP) is 0.729. The highest BCUT2D eigenvalue weighted by Crippen LogP contribution is 2.53. The number of aliphatic carboxylic acids is 1. The van der Waals surface area contributed by atoms with E-state index in [1.165, 1.54) is 5.57 Å². The second-order valence-electron chi connectivity index (χ2n) is 8.81. The Labute approximate surface area is 170 Å². The maximum atomic E-state index is 11.4. The molecule has 29 heavy (non-hydrogen) atoms. The molecule has 2 aliphatic carbocycles. The number of rotatable bonds is 5. The third-order valence-corrected chi connectivity index (χ3v) is 7.07. The molecule has 0 aromatic carbocycles. The lowest BCUT2D eigenvalue weighted by Crippen LogP contribution is -2.60. The van der Waals surface area contributed by atoms with Gasteiger partial charge < -0.3 is 35.0 Å². The maximum absolute atomic E-state index is 11.4. The van der Waals surface area contributed by atoms with Crippen LogP contribution in [0, 0.1) is 11.3 Å². The van der Waals surface area contributed by atoms with Crippen LogP contribution in [-0.4, -0.2) is 74.9 Å². The average Bonchev–Trinajstić information content (AvgIpc) is 2.69. The van der Waals surface area contributed by atoms with Gasteiger partial charge in [0, 0.05) is 11.0 Å². The topological polar surface area (TPSA) is 137 Å². The normalized spacial score (nSPS) is 43.0. The van der Waals surface area contributed by atoms with Gasteiger partial charge in [-0.3, -0.25) is 0 Å². The number of aliphatic hydroxyl groups is 4. The first kappa shape index (κ1) is 22.4. The summed E-state index contributed by atoms with van der Waals surface area (Å²) in [6.07, 6.45) is -3.35. The first-order chi connectivity index (χ1) is 13.6. The fourth-order valence-corrected chi connectivity index (χ4v) is 5.07. The molecular weight excluding hydrogens is 380 g/mol. The highest BCUT2D eigenvalue weighted by molar-refractivity contribution is 5.86. The minimum absolute atomic E-state index is 0.114. The van der Waals surface area contributed by atoms with Crippen molar-refractivity contribution in [3.63, 3.8) is 0 Å². The van der Waals surface area contributed by atoms with Crippen LogP contribution in [0.25, 0.3) is 0 Å². The van der Waals surface area contributed by atoms with Crippen molar-refractivity contribution in [2.24, 2.45) is 11.3 Å². The summed E-state index contributed by atoms with van der Waals surface area (Å²) < 4.78 is 11.7. The molecule has 0 radical (unpaired) electrons. The smallest absolute Gasteiger partial charge is 0.331 e. The van der Waals surface area contributed by atoms with Gasteiger partial charge in [0.05, 0.1) is 12.7 Å². The number of carboxylic acid groups (broad SMARTS) is 1. The average molecular weight is 412 g/mol. The van der Waals surface area contributed by atoms with Crippen molar-refractivity contribution in [2.45, 2.75) is 82.8 Å². The van der Waals surface area contributed by atoms with Crippen molar-refractivity contribution in [3.05, 3.63) is 23.3 Å². The van der Waals surface area contributed by atoms with Crippen molar-refractivity contribution < 1.29 is 39.8 Å². The zero-order valence-corrected chi connectivity index (χ0v) is 17.0. The van der Waals surface area contributed by atoms with Crippen LogP contribution in [-0.2, 0) is 14.3 Å². The van der Waals surface area contributed by atoms with Crippen LogP contribution < -0.4 is 0 Å². The fraction of sp³-hybridized carbons (Fsp3) is 0.762. The van der Waals surface area contributed by atoms with Crippen molar-refractivity contribution in [1.82, 2.24) is 0 Å². The summed E-state index contributed by atoms with van der Waals surface area (Å²) in [5.74, 6) is -1.08. The molecule has 0 spiro atoms. The summed E-state index contributed by atoms with van der Waals surface area (Å²) in [5, 5.41) is 49.0. The first-order valence-electron chi connectivity index (χ1n) is 10.2. The van der Waals surface area contributed by atoms with Gasteiger partial charge in [-0.05, 0) is 44.9 Å². The number of carbonyl (C=O) groups is 1. The fourth-order valence-electron chi connectivity index (χ4n) is 5.07. The van der Waals surface area contributed by atoms with E-state index in [2.05, 4.69) is 20.4 Å². The van der Waals surface area contributed by atoms with Crippen LogP contribution in [0.1, 0.15) is 46.0 Å². The number of hydrogen-bond acceptors (Lipinski definition) is 7. The number of allylic oxidation sites excluding steroid dienone is 1. The summed E-state index contributed by atoms with van der Waals surface area (Å²) in [6.45, 7) is 7.38. The minimum Gasteiger partial charge on any atom is -0.478 e. The Kier molecular flexibility index (Phi) is 6.53. The van der Waals surface area contributed by atoms with Gasteiger partial charge in [0.15, 0.2) is 6.29 Å². The Morgan fingerprint density at radius 3 is 2.55 bits per heavy atom. The van der Waals surface area contributed by atoms with Crippen molar-refractivity contribution >= 4 is 5.97 Å². The highest BCUT2D eigenvalue weighted by atomic mass is 16.7. The quantitative estimate of drug-likeness (QED) is 0.329. The molecule has 5 N–H and O–H groups in total. The molecule has 0 aromatic rings. The monoisotopic (exact) mass is 412 g/mol. The number of carboxylic acids is 1. The molecule has 8 nitrogen and oxygen atoms in total. The Morgan fingerprint density at radius 1 is 1.24 bits per heavy atom. The molecule has 1 aliphatic heterocycles. The van der Waals surface area contributed by atoms with Gasteiger partial charge in [-0.15, -0.1) is 0 Å². The van der Waals surface area contributed by atoms with Gasteiger partial charge in [0.1, 0.15) is 24.4 Å². The largest absolute Gasteiger partial charge is 0.478 e. The molecule has 164 valence electrons. The van der Waals surface area contributed by atoms with Crippen molar-refractivity contribution in [1.29, 1.82) is 0 Å². The Bertz CT molecular complexity index is 686. The van der Waals surface area contributed by atoms with Gasteiger partial charge in [0.2, 0.25) is 0 Å². The Hall–Kier alpha value is -1.29. The lowest BCUT2D eigenvalue weighted by atomic mass is 9.59. The van der Waals surface area contributed by atoms with E-state index >= 15 is 0 Å². The molecule has 8 atom stereocenters. The zero-order valence-electron chi connectivity index (χ0n) is 17.0. The summed E-state index contributed by atoms with van der Waals surface area (Å²) in [6, 6.07) is 0. The number of fused-ring (bicyclic) bond motifs is 1. The van der Waals surface area contributed by atoms with Crippen LogP contribution in [0.15, 0.2) is 23.3 Å². The third-order valence-electron chi connectivity index (χ3n) is 7.07. The molecule has 1 heterocycles. The summed E-state index contributed by atoms with van der Waals surface area (Å²) in [7, 11) is 0. The SMILES string of the molecule is C=C(C(=O)O)[C@@H]1CC[C@]2(C)C(=C(C)CC[C@H]2O[C@@H]2O[C@H](CO)[C@@H](O)[C@H](O)[C@H]2O)C1. The van der Waals surface area contributed by atoms with E-state index in [1.807, 2.05) is 0 Å². The van der Waals surface area contributed by atoms with Crippen LogP contribution in [0.4, 0.5) is 0 Å². The van der Waals surface area contributed by atoms with E-state index in [-0.39, 0.29) is 23.0 Å². The molecule has 1 saturated heterocycles. The molecule has 2 fully saturated rings. The molecule has 0 aromatic heterocycles. The van der Waals surface area contributed by atoms with E-state index in [9.17, 15) is 30.3 Å². The Morgan fingerprint density at radius 2 is 1.93 bits per heavy atom. The number of ether oxygens (including phenoxy) is 2. The van der Waals surface area contributed by atoms with E-state index in [1.54, 1.807) is 0 Å². The molecular formula is C21H32O8. The number of hydrogen-bond donors (Lipinski definition) is 5. The summed E-state index contributed by atoms with van der Waals surface area (Å²) >= 11 is 0. The molecule has 3 aliphatic rings. The second-order valence-corrected chi connectivity index (χ2v) is 8.81. The van der Waals surface area contributed by atoms with E-state index in [4.69, 9.17) is 9.47 Å².